The molecule has 3 nitrogen and oxygen atoms in total. The predicted octanol–water partition coefficient (Wildman–Crippen LogP) is 1.79. The molecular formula is C12H19N3S. The van der Waals surface area contributed by atoms with E-state index in [0.717, 1.165) is 18.9 Å². The molecule has 1 unspecified atom stereocenters. The normalized spacial score (nSPS) is 21.2. The molecule has 1 atom stereocenters. The van der Waals surface area contributed by atoms with Gasteiger partial charge in [0, 0.05) is 42.4 Å². The van der Waals surface area contributed by atoms with Crippen molar-refractivity contribution in [3.63, 3.8) is 0 Å². The lowest BCUT2D eigenvalue weighted by atomic mass is 10.1. The summed E-state index contributed by atoms with van der Waals surface area (Å²) in [6, 6.07) is 2.04. The zero-order chi connectivity index (χ0) is 11.5. The van der Waals surface area contributed by atoms with E-state index in [1.807, 2.05) is 24.0 Å². The van der Waals surface area contributed by atoms with Crippen LogP contribution in [0.2, 0.25) is 0 Å². The van der Waals surface area contributed by atoms with Crippen molar-refractivity contribution in [2.75, 3.05) is 23.7 Å². The fourth-order valence-corrected chi connectivity index (χ4v) is 3.12. The second-order valence-corrected chi connectivity index (χ2v) is 5.81. The average Bonchev–Trinajstić information content (AvgIpc) is 2.28. The van der Waals surface area contributed by atoms with E-state index < -0.39 is 0 Å². The van der Waals surface area contributed by atoms with Crippen LogP contribution in [0.15, 0.2) is 12.3 Å². The summed E-state index contributed by atoms with van der Waals surface area (Å²) in [6.07, 6.45) is 1.89. The van der Waals surface area contributed by atoms with E-state index in [4.69, 9.17) is 5.73 Å². The van der Waals surface area contributed by atoms with Crippen LogP contribution in [-0.2, 0) is 6.54 Å². The number of aromatic nitrogens is 1. The number of hydrogen-bond donors (Lipinski definition) is 1. The van der Waals surface area contributed by atoms with E-state index in [1.54, 1.807) is 0 Å². The van der Waals surface area contributed by atoms with Gasteiger partial charge < -0.3 is 10.6 Å². The third-order valence-corrected chi connectivity index (χ3v) is 4.15. The highest BCUT2D eigenvalue weighted by Gasteiger charge is 2.20. The van der Waals surface area contributed by atoms with Crippen LogP contribution in [0.25, 0.3) is 0 Å². The first-order valence-electron chi connectivity index (χ1n) is 5.73. The smallest absolute Gasteiger partial charge is 0.133 e. The molecule has 1 aliphatic rings. The Balaban J connectivity index is 2.28. The lowest BCUT2D eigenvalue weighted by Crippen LogP contribution is -2.38. The summed E-state index contributed by atoms with van der Waals surface area (Å²) in [5.41, 5.74) is 8.27. The topological polar surface area (TPSA) is 42.2 Å². The van der Waals surface area contributed by atoms with Crippen LogP contribution in [0, 0.1) is 6.92 Å². The minimum absolute atomic E-state index is 0.576. The minimum atomic E-state index is 0.576. The molecule has 0 saturated carbocycles. The van der Waals surface area contributed by atoms with Gasteiger partial charge in [-0.3, -0.25) is 0 Å². The molecule has 2 heterocycles. The molecule has 0 aromatic carbocycles. The second kappa shape index (κ2) is 5.06. The Morgan fingerprint density at radius 3 is 3.12 bits per heavy atom. The average molecular weight is 237 g/mol. The van der Waals surface area contributed by atoms with Crippen LogP contribution in [0.1, 0.15) is 18.1 Å². The van der Waals surface area contributed by atoms with Gasteiger partial charge in [0.1, 0.15) is 5.82 Å². The summed E-state index contributed by atoms with van der Waals surface area (Å²) >= 11 is 2.03. The van der Waals surface area contributed by atoms with Crippen molar-refractivity contribution >= 4 is 17.6 Å². The highest BCUT2D eigenvalue weighted by atomic mass is 32.2. The van der Waals surface area contributed by atoms with Crippen molar-refractivity contribution in [1.82, 2.24) is 4.98 Å². The van der Waals surface area contributed by atoms with Gasteiger partial charge in [0.05, 0.1) is 0 Å². The minimum Gasteiger partial charge on any atom is -0.354 e. The first kappa shape index (κ1) is 11.7. The van der Waals surface area contributed by atoms with E-state index in [2.05, 4.69) is 23.7 Å². The third-order valence-electron chi connectivity index (χ3n) is 3.01. The van der Waals surface area contributed by atoms with Crippen LogP contribution >= 0.6 is 11.8 Å². The van der Waals surface area contributed by atoms with Crippen molar-refractivity contribution in [3.05, 3.63) is 23.4 Å². The van der Waals surface area contributed by atoms with Gasteiger partial charge >= 0.3 is 0 Å². The molecule has 0 amide bonds. The number of nitrogens with zero attached hydrogens (tertiary/aromatic N) is 2. The monoisotopic (exact) mass is 237 g/mol. The number of hydrogen-bond acceptors (Lipinski definition) is 4. The lowest BCUT2D eigenvalue weighted by Gasteiger charge is -2.33. The van der Waals surface area contributed by atoms with E-state index in [9.17, 15) is 0 Å². The van der Waals surface area contributed by atoms with Crippen molar-refractivity contribution in [2.24, 2.45) is 5.73 Å². The SMILES string of the molecule is Cc1ccnc(N2CCSC(C)C2)c1CN. The maximum Gasteiger partial charge on any atom is 0.133 e. The van der Waals surface area contributed by atoms with Crippen molar-refractivity contribution in [3.8, 4) is 0 Å². The maximum atomic E-state index is 5.82. The van der Waals surface area contributed by atoms with Crippen LogP contribution < -0.4 is 10.6 Å². The Labute approximate surface area is 101 Å². The Hall–Kier alpha value is -0.740. The van der Waals surface area contributed by atoms with Crippen LogP contribution in [-0.4, -0.2) is 29.1 Å². The van der Waals surface area contributed by atoms with Gasteiger partial charge in [0.25, 0.3) is 0 Å². The van der Waals surface area contributed by atoms with E-state index in [0.29, 0.717) is 11.8 Å². The van der Waals surface area contributed by atoms with E-state index >= 15 is 0 Å². The first-order valence-corrected chi connectivity index (χ1v) is 6.78. The number of pyridine rings is 1. The fraction of sp³-hybridized carbons (Fsp3) is 0.583. The van der Waals surface area contributed by atoms with Gasteiger partial charge in [-0.15, -0.1) is 0 Å². The molecule has 0 bridgehead atoms. The van der Waals surface area contributed by atoms with Gasteiger partial charge in [-0.25, -0.2) is 4.98 Å². The number of thioether (sulfide) groups is 1. The van der Waals surface area contributed by atoms with Gasteiger partial charge in [0.2, 0.25) is 0 Å². The van der Waals surface area contributed by atoms with Crippen molar-refractivity contribution in [2.45, 2.75) is 25.6 Å². The Morgan fingerprint density at radius 2 is 2.44 bits per heavy atom. The van der Waals surface area contributed by atoms with Gasteiger partial charge in [-0.05, 0) is 18.6 Å². The molecule has 2 rings (SSSR count). The highest BCUT2D eigenvalue weighted by Crippen LogP contribution is 2.26. The van der Waals surface area contributed by atoms with Crippen molar-refractivity contribution in [1.29, 1.82) is 0 Å². The largest absolute Gasteiger partial charge is 0.354 e. The predicted molar refractivity (Wildman–Crippen MR) is 71.0 cm³/mol. The number of nitrogens with two attached hydrogens (primary N) is 1. The summed E-state index contributed by atoms with van der Waals surface area (Å²) in [6.45, 7) is 7.11. The van der Waals surface area contributed by atoms with E-state index in [-0.39, 0.29) is 0 Å². The molecule has 16 heavy (non-hydrogen) atoms. The van der Waals surface area contributed by atoms with Crippen LogP contribution in [0.3, 0.4) is 0 Å². The molecule has 2 N–H and O–H groups in total. The molecule has 0 aliphatic carbocycles. The van der Waals surface area contributed by atoms with Crippen molar-refractivity contribution < 1.29 is 0 Å². The van der Waals surface area contributed by atoms with Gasteiger partial charge in [-0.1, -0.05) is 6.92 Å². The van der Waals surface area contributed by atoms with Crippen LogP contribution in [0.4, 0.5) is 5.82 Å². The van der Waals surface area contributed by atoms with Gasteiger partial charge in [-0.2, -0.15) is 11.8 Å². The second-order valence-electron chi connectivity index (χ2n) is 4.26. The summed E-state index contributed by atoms with van der Waals surface area (Å²) in [4.78, 5) is 6.88. The quantitative estimate of drug-likeness (QED) is 0.851. The van der Waals surface area contributed by atoms with Crippen LogP contribution in [0.5, 0.6) is 0 Å². The molecular weight excluding hydrogens is 218 g/mol. The Morgan fingerprint density at radius 1 is 1.62 bits per heavy atom. The molecule has 4 heteroatoms. The van der Waals surface area contributed by atoms with E-state index in [1.165, 1.54) is 16.9 Å². The zero-order valence-electron chi connectivity index (χ0n) is 9.94. The fourth-order valence-electron chi connectivity index (χ4n) is 2.11. The molecule has 1 fully saturated rings. The third kappa shape index (κ3) is 2.33. The molecule has 1 aromatic rings. The molecule has 0 radical (unpaired) electrons. The first-order chi connectivity index (χ1) is 7.72. The number of aryl methyl sites for hydroxylation is 1. The zero-order valence-corrected chi connectivity index (χ0v) is 10.8. The summed E-state index contributed by atoms with van der Waals surface area (Å²) in [7, 11) is 0. The molecule has 0 spiro atoms. The Kier molecular flexibility index (Phi) is 3.71. The standard InChI is InChI=1S/C12H19N3S/c1-9-3-4-14-12(11(9)7-13)15-5-6-16-10(2)8-15/h3-4,10H,5-8,13H2,1-2H3. The molecule has 1 saturated heterocycles. The maximum absolute atomic E-state index is 5.82. The molecule has 1 aliphatic heterocycles. The lowest BCUT2D eigenvalue weighted by molar-refractivity contribution is 0.761. The van der Waals surface area contributed by atoms with Gasteiger partial charge in [0.15, 0.2) is 0 Å². The highest BCUT2D eigenvalue weighted by molar-refractivity contribution is 8.00. The molecule has 1 aromatic heterocycles. The summed E-state index contributed by atoms with van der Waals surface area (Å²) < 4.78 is 0. The molecule has 88 valence electrons. The summed E-state index contributed by atoms with van der Waals surface area (Å²) in [5.74, 6) is 2.27. The number of rotatable bonds is 2. The Bertz CT molecular complexity index is 367. The summed E-state index contributed by atoms with van der Waals surface area (Å²) in [5, 5.41) is 0.682. The number of anilines is 1.